The molecule has 0 radical (unpaired) electrons. The summed E-state index contributed by atoms with van der Waals surface area (Å²) in [4.78, 5) is 22.8. The fourth-order valence-electron chi connectivity index (χ4n) is 2.60. The van der Waals surface area contributed by atoms with Gasteiger partial charge in [-0.25, -0.2) is 0 Å². The molecule has 0 fully saturated rings. The molecule has 0 saturated heterocycles. The van der Waals surface area contributed by atoms with Gasteiger partial charge >= 0.3 is 0 Å². The number of hydrogen-bond acceptors (Lipinski definition) is 4. The average Bonchev–Trinajstić information content (AvgIpc) is 2.97. The van der Waals surface area contributed by atoms with Crippen LogP contribution in [0.3, 0.4) is 0 Å². The first-order valence-corrected chi connectivity index (χ1v) is 7.23. The maximum Gasteiger partial charge on any atom is 0.294 e. The molecule has 1 amide bonds. The molecule has 2 aromatic carbocycles. The van der Waals surface area contributed by atoms with Crippen molar-refractivity contribution in [3.63, 3.8) is 0 Å². The van der Waals surface area contributed by atoms with Crippen LogP contribution in [-0.4, -0.2) is 17.4 Å². The molecule has 116 valence electrons. The Morgan fingerprint density at radius 1 is 1.17 bits per heavy atom. The molecule has 1 heterocycles. The van der Waals surface area contributed by atoms with Gasteiger partial charge in [0.05, 0.1) is 4.92 Å². The SMILES string of the molecule is O=C(C=Cc1ccccc1)NN1CCc2cccc([N+](=O)[O-])c21. The number of para-hydroxylation sites is 1. The maximum absolute atomic E-state index is 12.1. The highest BCUT2D eigenvalue weighted by Gasteiger charge is 2.28. The summed E-state index contributed by atoms with van der Waals surface area (Å²) in [7, 11) is 0. The predicted molar refractivity (Wildman–Crippen MR) is 87.8 cm³/mol. The van der Waals surface area contributed by atoms with Gasteiger partial charge in [0.2, 0.25) is 0 Å². The van der Waals surface area contributed by atoms with E-state index < -0.39 is 4.92 Å². The number of rotatable bonds is 4. The van der Waals surface area contributed by atoms with Crippen molar-refractivity contribution in [3.05, 3.63) is 75.8 Å². The van der Waals surface area contributed by atoms with Gasteiger partial charge in [-0.2, -0.15) is 0 Å². The standard InChI is InChI=1S/C17H15N3O3/c21-16(10-9-13-5-2-1-3-6-13)18-19-12-11-14-7-4-8-15(17(14)19)20(22)23/h1-10H,11-12H2,(H,18,21). The zero-order chi connectivity index (χ0) is 16.2. The lowest BCUT2D eigenvalue weighted by molar-refractivity contribution is -0.384. The fourth-order valence-corrected chi connectivity index (χ4v) is 2.60. The number of hydrogen-bond donors (Lipinski definition) is 1. The normalized spacial score (nSPS) is 13.1. The van der Waals surface area contributed by atoms with Gasteiger partial charge in [-0.15, -0.1) is 0 Å². The van der Waals surface area contributed by atoms with Crippen LogP contribution in [0.1, 0.15) is 11.1 Å². The highest BCUT2D eigenvalue weighted by molar-refractivity contribution is 5.93. The molecule has 0 aliphatic carbocycles. The zero-order valence-electron chi connectivity index (χ0n) is 12.3. The first-order chi connectivity index (χ1) is 11.1. The third kappa shape index (κ3) is 3.21. The topological polar surface area (TPSA) is 75.5 Å². The lowest BCUT2D eigenvalue weighted by Gasteiger charge is -2.19. The van der Waals surface area contributed by atoms with E-state index >= 15 is 0 Å². The van der Waals surface area contributed by atoms with E-state index in [9.17, 15) is 14.9 Å². The second-order valence-corrected chi connectivity index (χ2v) is 5.16. The highest BCUT2D eigenvalue weighted by atomic mass is 16.6. The van der Waals surface area contributed by atoms with Crippen LogP contribution in [0.5, 0.6) is 0 Å². The minimum atomic E-state index is -0.427. The van der Waals surface area contributed by atoms with Crippen LogP contribution in [0.2, 0.25) is 0 Å². The lowest BCUT2D eigenvalue weighted by Crippen LogP contribution is -2.40. The third-order valence-corrected chi connectivity index (χ3v) is 3.64. The average molecular weight is 309 g/mol. The zero-order valence-corrected chi connectivity index (χ0v) is 12.3. The summed E-state index contributed by atoms with van der Waals surface area (Å²) in [5, 5.41) is 12.7. The van der Waals surface area contributed by atoms with Gasteiger partial charge in [-0.05, 0) is 23.6 Å². The van der Waals surface area contributed by atoms with Crippen molar-refractivity contribution >= 4 is 23.4 Å². The Balaban J connectivity index is 1.75. The number of hydrazine groups is 1. The van der Waals surface area contributed by atoms with Crippen LogP contribution >= 0.6 is 0 Å². The van der Waals surface area contributed by atoms with Crippen molar-refractivity contribution in [2.45, 2.75) is 6.42 Å². The summed E-state index contributed by atoms with van der Waals surface area (Å²) in [6.07, 6.45) is 3.79. The van der Waals surface area contributed by atoms with Crippen LogP contribution in [0, 0.1) is 10.1 Å². The molecular weight excluding hydrogens is 294 g/mol. The Hall–Kier alpha value is -3.15. The third-order valence-electron chi connectivity index (χ3n) is 3.64. The number of nitrogens with one attached hydrogen (secondary N) is 1. The molecule has 6 heteroatoms. The summed E-state index contributed by atoms with van der Waals surface area (Å²) < 4.78 is 0. The number of carbonyl (C=O) groups excluding carboxylic acids is 1. The van der Waals surface area contributed by atoms with Gasteiger partial charge < -0.3 is 0 Å². The van der Waals surface area contributed by atoms with Crippen molar-refractivity contribution in [3.8, 4) is 0 Å². The Labute approximate surface area is 133 Å². The number of fused-ring (bicyclic) bond motifs is 1. The van der Waals surface area contributed by atoms with Crippen molar-refractivity contribution in [1.29, 1.82) is 0 Å². The molecule has 0 aromatic heterocycles. The lowest BCUT2D eigenvalue weighted by atomic mass is 10.1. The first kappa shape index (κ1) is 14.8. The quantitative estimate of drug-likeness (QED) is 0.535. The van der Waals surface area contributed by atoms with Crippen molar-refractivity contribution < 1.29 is 9.72 Å². The minimum Gasteiger partial charge on any atom is -0.278 e. The molecule has 0 atom stereocenters. The molecule has 23 heavy (non-hydrogen) atoms. The van der Waals surface area contributed by atoms with E-state index in [4.69, 9.17) is 0 Å². The number of nitrogens with zero attached hydrogens (tertiary/aromatic N) is 2. The summed E-state index contributed by atoms with van der Waals surface area (Å²) in [5.41, 5.74) is 4.96. The Morgan fingerprint density at radius 2 is 1.96 bits per heavy atom. The number of carbonyl (C=O) groups is 1. The van der Waals surface area contributed by atoms with Crippen molar-refractivity contribution in [2.75, 3.05) is 11.6 Å². The molecule has 6 nitrogen and oxygen atoms in total. The van der Waals surface area contributed by atoms with Gasteiger partial charge in [0.25, 0.3) is 11.6 Å². The number of amides is 1. The van der Waals surface area contributed by atoms with Crippen LogP contribution in [0.15, 0.2) is 54.6 Å². The summed E-state index contributed by atoms with van der Waals surface area (Å²) in [6.45, 7) is 0.519. The molecule has 3 rings (SSSR count). The molecule has 1 N–H and O–H groups in total. The van der Waals surface area contributed by atoms with E-state index in [0.29, 0.717) is 18.7 Å². The van der Waals surface area contributed by atoms with E-state index in [1.807, 2.05) is 36.4 Å². The van der Waals surface area contributed by atoms with Gasteiger partial charge in [-0.1, -0.05) is 42.5 Å². The molecule has 0 spiro atoms. The van der Waals surface area contributed by atoms with Crippen LogP contribution in [-0.2, 0) is 11.2 Å². The van der Waals surface area contributed by atoms with Gasteiger partial charge in [-0.3, -0.25) is 25.3 Å². The van der Waals surface area contributed by atoms with Crippen LogP contribution < -0.4 is 10.4 Å². The molecular formula is C17H15N3O3. The van der Waals surface area contributed by atoms with Gasteiger partial charge in [0.15, 0.2) is 0 Å². The second-order valence-electron chi connectivity index (χ2n) is 5.16. The Bertz CT molecular complexity index is 772. The maximum atomic E-state index is 12.1. The second kappa shape index (κ2) is 6.31. The number of benzene rings is 2. The molecule has 2 aromatic rings. The monoisotopic (exact) mass is 309 g/mol. The number of nitro benzene ring substituents is 1. The molecule has 0 unspecified atom stereocenters. The fraction of sp³-hybridized carbons (Fsp3) is 0.118. The van der Waals surface area contributed by atoms with Gasteiger partial charge in [0, 0.05) is 18.7 Å². The van der Waals surface area contributed by atoms with E-state index in [0.717, 1.165) is 11.1 Å². The largest absolute Gasteiger partial charge is 0.294 e. The van der Waals surface area contributed by atoms with Crippen molar-refractivity contribution in [2.24, 2.45) is 0 Å². The van der Waals surface area contributed by atoms with E-state index in [1.165, 1.54) is 12.1 Å². The molecule has 1 aliphatic heterocycles. The van der Waals surface area contributed by atoms with Gasteiger partial charge in [0.1, 0.15) is 5.69 Å². The van der Waals surface area contributed by atoms with Crippen molar-refractivity contribution in [1.82, 2.24) is 5.43 Å². The number of anilines is 1. The van der Waals surface area contributed by atoms with E-state index in [1.54, 1.807) is 17.2 Å². The Kier molecular flexibility index (Phi) is 4.05. The summed E-state index contributed by atoms with van der Waals surface area (Å²) in [6, 6.07) is 14.4. The highest BCUT2D eigenvalue weighted by Crippen LogP contribution is 2.35. The molecule has 0 saturated carbocycles. The first-order valence-electron chi connectivity index (χ1n) is 7.23. The molecule has 1 aliphatic rings. The minimum absolute atomic E-state index is 0.00680. The Morgan fingerprint density at radius 3 is 2.70 bits per heavy atom. The summed E-state index contributed by atoms with van der Waals surface area (Å²) >= 11 is 0. The number of nitro groups is 1. The van der Waals surface area contributed by atoms with E-state index in [2.05, 4.69) is 5.43 Å². The predicted octanol–water partition coefficient (Wildman–Crippen LogP) is 2.70. The van der Waals surface area contributed by atoms with E-state index in [-0.39, 0.29) is 11.6 Å². The van der Waals surface area contributed by atoms with Crippen LogP contribution in [0.25, 0.3) is 6.08 Å². The molecule has 0 bridgehead atoms. The summed E-state index contributed by atoms with van der Waals surface area (Å²) in [5.74, 6) is -0.320. The smallest absolute Gasteiger partial charge is 0.278 e. The van der Waals surface area contributed by atoms with Crippen LogP contribution in [0.4, 0.5) is 11.4 Å².